The highest BCUT2D eigenvalue weighted by Crippen LogP contribution is 2.42. The van der Waals surface area contributed by atoms with Crippen LogP contribution in [0.25, 0.3) is 10.9 Å². The van der Waals surface area contributed by atoms with Crippen LogP contribution in [0.1, 0.15) is 33.5 Å². The number of carboxylic acids is 1. The van der Waals surface area contributed by atoms with E-state index >= 15 is 0 Å². The van der Waals surface area contributed by atoms with Crippen LogP contribution < -0.4 is 16.4 Å². The highest BCUT2D eigenvalue weighted by molar-refractivity contribution is 5.98. The Hall–Kier alpha value is -5.74. The molecule has 232 valence electrons. The second-order valence-electron chi connectivity index (χ2n) is 11.0. The van der Waals surface area contributed by atoms with Gasteiger partial charge in [-0.15, -0.1) is 0 Å². The fraction of sp³-hybridized carbons (Fsp3) is 0.167. The van der Waals surface area contributed by atoms with Crippen LogP contribution >= 0.6 is 0 Å². The summed E-state index contributed by atoms with van der Waals surface area (Å²) in [5.41, 5.74) is 9.51. The maximum absolute atomic E-state index is 12.5. The van der Waals surface area contributed by atoms with Gasteiger partial charge in [-0.05, 0) is 41.3 Å². The molecule has 1 atom stereocenters. The molecular formula is C36H35N7O3. The van der Waals surface area contributed by atoms with E-state index < -0.39 is 17.6 Å². The zero-order valence-electron chi connectivity index (χ0n) is 25.2. The van der Waals surface area contributed by atoms with E-state index in [2.05, 4.69) is 93.1 Å². The number of aromatic nitrogens is 4. The van der Waals surface area contributed by atoms with Crippen LogP contribution in [0.4, 0.5) is 5.95 Å². The SMILES string of the molecule is NC(CNC(=O)c1ccc2c(cnn2CCCNc2nccn2C(c2ccccc2)(c2ccccc2)c2ccccc2)c1)C(=O)O. The number of fused-ring (bicyclic) bond motifs is 1. The van der Waals surface area contributed by atoms with Gasteiger partial charge >= 0.3 is 5.97 Å². The van der Waals surface area contributed by atoms with Crippen LogP contribution in [0.2, 0.25) is 0 Å². The van der Waals surface area contributed by atoms with Crippen molar-refractivity contribution < 1.29 is 14.7 Å². The topological polar surface area (TPSA) is 140 Å². The first-order valence-corrected chi connectivity index (χ1v) is 15.1. The van der Waals surface area contributed by atoms with E-state index in [1.165, 1.54) is 0 Å². The molecule has 46 heavy (non-hydrogen) atoms. The molecule has 0 saturated carbocycles. The van der Waals surface area contributed by atoms with Crippen molar-refractivity contribution in [3.05, 3.63) is 150 Å². The van der Waals surface area contributed by atoms with Crippen molar-refractivity contribution in [1.29, 1.82) is 0 Å². The van der Waals surface area contributed by atoms with Crippen molar-refractivity contribution in [1.82, 2.24) is 24.6 Å². The zero-order valence-corrected chi connectivity index (χ0v) is 25.2. The number of nitrogens with zero attached hydrogens (tertiary/aromatic N) is 4. The number of anilines is 1. The average Bonchev–Trinajstić information content (AvgIpc) is 3.74. The predicted octanol–water partition coefficient (Wildman–Crippen LogP) is 4.72. The summed E-state index contributed by atoms with van der Waals surface area (Å²) in [6.45, 7) is 1.15. The number of nitrogens with two attached hydrogens (primary N) is 1. The summed E-state index contributed by atoms with van der Waals surface area (Å²) in [4.78, 5) is 28.2. The number of rotatable bonds is 13. The third-order valence-electron chi connectivity index (χ3n) is 8.11. The van der Waals surface area contributed by atoms with Crippen molar-refractivity contribution in [2.24, 2.45) is 5.73 Å². The van der Waals surface area contributed by atoms with Gasteiger partial charge in [-0.2, -0.15) is 5.10 Å². The van der Waals surface area contributed by atoms with Crippen molar-refractivity contribution in [3.8, 4) is 0 Å². The molecule has 0 aliphatic carbocycles. The van der Waals surface area contributed by atoms with Gasteiger partial charge in [-0.25, -0.2) is 4.98 Å². The summed E-state index contributed by atoms with van der Waals surface area (Å²) in [5.74, 6) is -0.804. The first-order chi connectivity index (χ1) is 22.5. The van der Waals surface area contributed by atoms with E-state index in [1.807, 2.05) is 41.3 Å². The molecule has 0 fully saturated rings. The molecule has 0 bridgehead atoms. The summed E-state index contributed by atoms with van der Waals surface area (Å²) < 4.78 is 4.12. The van der Waals surface area contributed by atoms with Gasteiger partial charge in [0.1, 0.15) is 11.6 Å². The molecule has 10 heteroatoms. The number of nitrogens with one attached hydrogen (secondary N) is 2. The molecule has 1 unspecified atom stereocenters. The normalized spacial score (nSPS) is 12.1. The fourth-order valence-electron chi connectivity index (χ4n) is 5.89. The van der Waals surface area contributed by atoms with Crippen LogP contribution in [-0.2, 0) is 16.9 Å². The number of hydrogen-bond acceptors (Lipinski definition) is 6. The van der Waals surface area contributed by atoms with Gasteiger partial charge < -0.3 is 21.5 Å². The van der Waals surface area contributed by atoms with Gasteiger partial charge in [0, 0.05) is 43.0 Å². The Balaban J connectivity index is 1.21. The summed E-state index contributed by atoms with van der Waals surface area (Å²) >= 11 is 0. The van der Waals surface area contributed by atoms with Crippen molar-refractivity contribution in [3.63, 3.8) is 0 Å². The maximum atomic E-state index is 12.5. The number of hydrogen-bond donors (Lipinski definition) is 4. The summed E-state index contributed by atoms with van der Waals surface area (Å²) in [6, 6.07) is 35.6. The molecule has 6 rings (SSSR count). The van der Waals surface area contributed by atoms with Gasteiger partial charge in [0.2, 0.25) is 5.95 Å². The summed E-state index contributed by atoms with van der Waals surface area (Å²) in [5, 5.41) is 20.4. The van der Waals surface area contributed by atoms with Gasteiger partial charge in [-0.3, -0.25) is 18.8 Å². The predicted molar refractivity (Wildman–Crippen MR) is 178 cm³/mol. The van der Waals surface area contributed by atoms with E-state index in [9.17, 15) is 9.59 Å². The minimum Gasteiger partial charge on any atom is -0.480 e. The van der Waals surface area contributed by atoms with E-state index in [0.717, 1.165) is 40.0 Å². The smallest absolute Gasteiger partial charge is 0.322 e. The monoisotopic (exact) mass is 613 g/mol. The standard InChI is InChI=1S/C36H35N7O3/c37-31(34(45)46)25-40-33(44)26-17-18-32-27(23-26)24-41-43(32)21-10-19-38-35-39-20-22-42(35)36(28-11-4-1-5-12-28,29-13-6-2-7-14-29)30-15-8-3-9-16-30/h1-9,11-18,20,22-24,31H,10,19,21,25,37H2,(H,38,39)(H,40,44)(H,45,46). The third kappa shape index (κ3) is 5.98. The molecule has 0 spiro atoms. The fourth-order valence-corrected chi connectivity index (χ4v) is 5.89. The molecular weight excluding hydrogens is 578 g/mol. The Bertz CT molecular complexity index is 1820. The minimum atomic E-state index is -1.17. The first-order valence-electron chi connectivity index (χ1n) is 15.1. The van der Waals surface area contributed by atoms with Gasteiger partial charge in [0.15, 0.2) is 0 Å². The third-order valence-corrected chi connectivity index (χ3v) is 8.11. The Kier molecular flexibility index (Phi) is 8.89. The largest absolute Gasteiger partial charge is 0.480 e. The number of benzene rings is 4. The molecule has 2 heterocycles. The number of aliphatic carboxylic acids is 1. The lowest BCUT2D eigenvalue weighted by molar-refractivity contribution is -0.138. The lowest BCUT2D eigenvalue weighted by atomic mass is 9.76. The first kappa shape index (κ1) is 30.3. The highest BCUT2D eigenvalue weighted by Gasteiger charge is 2.39. The lowest BCUT2D eigenvalue weighted by Gasteiger charge is -2.38. The molecule has 0 radical (unpaired) electrons. The number of imidazole rings is 1. The van der Waals surface area contributed by atoms with E-state index in [0.29, 0.717) is 18.7 Å². The Morgan fingerprint density at radius 1 is 0.870 bits per heavy atom. The second kappa shape index (κ2) is 13.5. The quantitative estimate of drug-likeness (QED) is 0.109. The Morgan fingerprint density at radius 3 is 2.07 bits per heavy atom. The van der Waals surface area contributed by atoms with Crippen LogP contribution in [0, 0.1) is 0 Å². The number of carbonyl (C=O) groups is 2. The molecule has 6 aromatic rings. The van der Waals surface area contributed by atoms with Crippen LogP contribution in [-0.4, -0.2) is 55.4 Å². The molecule has 0 aliphatic heterocycles. The minimum absolute atomic E-state index is 0.153. The average molecular weight is 614 g/mol. The van der Waals surface area contributed by atoms with Crippen LogP contribution in [0.5, 0.6) is 0 Å². The molecule has 0 aliphatic rings. The van der Waals surface area contributed by atoms with E-state index in [-0.39, 0.29) is 12.5 Å². The van der Waals surface area contributed by atoms with Crippen molar-refractivity contribution in [2.45, 2.75) is 24.5 Å². The number of carbonyl (C=O) groups excluding carboxylic acids is 1. The second-order valence-corrected chi connectivity index (χ2v) is 11.0. The van der Waals surface area contributed by atoms with Crippen molar-refractivity contribution in [2.75, 3.05) is 18.4 Å². The van der Waals surface area contributed by atoms with Gasteiger partial charge in [0.05, 0.1) is 11.7 Å². The number of amides is 1. The molecule has 4 aromatic carbocycles. The summed E-state index contributed by atoms with van der Waals surface area (Å²) in [6.07, 6.45) is 6.35. The van der Waals surface area contributed by atoms with E-state index in [1.54, 1.807) is 18.3 Å². The number of carboxylic acid groups (broad SMARTS) is 1. The van der Waals surface area contributed by atoms with Crippen LogP contribution in [0.15, 0.2) is 128 Å². The molecule has 5 N–H and O–H groups in total. The Morgan fingerprint density at radius 2 is 1.48 bits per heavy atom. The van der Waals surface area contributed by atoms with Gasteiger partial charge in [0.25, 0.3) is 5.91 Å². The zero-order chi connectivity index (χ0) is 31.9. The van der Waals surface area contributed by atoms with Crippen LogP contribution in [0.3, 0.4) is 0 Å². The molecule has 0 saturated heterocycles. The van der Waals surface area contributed by atoms with E-state index in [4.69, 9.17) is 15.8 Å². The molecule has 1 amide bonds. The summed E-state index contributed by atoms with van der Waals surface area (Å²) in [7, 11) is 0. The van der Waals surface area contributed by atoms with Crippen molar-refractivity contribution >= 4 is 28.7 Å². The maximum Gasteiger partial charge on any atom is 0.322 e. The number of aryl methyl sites for hydroxylation is 1. The highest BCUT2D eigenvalue weighted by atomic mass is 16.4. The molecule has 2 aromatic heterocycles. The Labute approximate surface area is 266 Å². The molecule has 10 nitrogen and oxygen atoms in total. The van der Waals surface area contributed by atoms with Gasteiger partial charge in [-0.1, -0.05) is 91.0 Å². The lowest BCUT2D eigenvalue weighted by Crippen LogP contribution is -2.42.